The number of hydrogen-bond donors (Lipinski definition) is 0. The Morgan fingerprint density at radius 1 is 1.23 bits per heavy atom. The first-order valence-electron chi connectivity index (χ1n) is 10.2. The molecule has 0 bridgehead atoms. The molecular weight excluding hydrogens is 328 g/mol. The number of carbonyl (C=O) groups excluding carboxylic acids is 1. The summed E-state index contributed by atoms with van der Waals surface area (Å²) in [5.74, 6) is 1.98. The average molecular weight is 358 g/mol. The van der Waals surface area contributed by atoms with Crippen LogP contribution in [0.4, 0.5) is 0 Å². The van der Waals surface area contributed by atoms with Crippen LogP contribution < -0.4 is 0 Å². The van der Waals surface area contributed by atoms with Gasteiger partial charge in [-0.05, 0) is 48.8 Å². The predicted molar refractivity (Wildman–Crippen MR) is 98.4 cm³/mol. The van der Waals surface area contributed by atoms with Crippen LogP contribution in [-0.2, 0) is 20.9 Å². The van der Waals surface area contributed by atoms with Gasteiger partial charge in [-0.2, -0.15) is 0 Å². The van der Waals surface area contributed by atoms with Gasteiger partial charge in [0.25, 0.3) is 0 Å². The van der Waals surface area contributed by atoms with Gasteiger partial charge >= 0.3 is 0 Å². The van der Waals surface area contributed by atoms with Crippen molar-refractivity contribution in [2.24, 2.45) is 17.8 Å². The molecule has 2 aliphatic heterocycles. The van der Waals surface area contributed by atoms with Crippen molar-refractivity contribution in [3.63, 3.8) is 0 Å². The molecule has 3 fully saturated rings. The molecule has 3 heterocycles. The molecule has 0 radical (unpaired) electrons. The van der Waals surface area contributed by atoms with E-state index in [0.717, 1.165) is 44.7 Å². The van der Waals surface area contributed by atoms with E-state index < -0.39 is 0 Å². The van der Waals surface area contributed by atoms with Gasteiger partial charge in [-0.15, -0.1) is 0 Å². The van der Waals surface area contributed by atoms with E-state index in [1.807, 2.05) is 12.1 Å². The molecule has 26 heavy (non-hydrogen) atoms. The molecule has 0 N–H and O–H groups in total. The van der Waals surface area contributed by atoms with Crippen molar-refractivity contribution in [2.45, 2.75) is 51.2 Å². The summed E-state index contributed by atoms with van der Waals surface area (Å²) in [6, 6.07) is 3.97. The maximum absolute atomic E-state index is 12.6. The van der Waals surface area contributed by atoms with Gasteiger partial charge in [0.15, 0.2) is 0 Å². The average Bonchev–Trinajstić information content (AvgIpc) is 3.37. The Kier molecular flexibility index (Phi) is 5.85. The van der Waals surface area contributed by atoms with Crippen LogP contribution in [-0.4, -0.2) is 48.2 Å². The highest BCUT2D eigenvalue weighted by Crippen LogP contribution is 2.36. The smallest absolute Gasteiger partial charge is 0.222 e. The monoisotopic (exact) mass is 358 g/mol. The summed E-state index contributed by atoms with van der Waals surface area (Å²) < 4.78 is 11.8. The van der Waals surface area contributed by atoms with Crippen molar-refractivity contribution in [1.29, 1.82) is 0 Å². The Hall–Kier alpha value is -1.46. The van der Waals surface area contributed by atoms with Gasteiger partial charge in [0.2, 0.25) is 5.91 Å². The van der Waals surface area contributed by atoms with Crippen LogP contribution in [0.25, 0.3) is 0 Å². The molecule has 0 spiro atoms. The van der Waals surface area contributed by atoms with Gasteiger partial charge in [0, 0.05) is 44.4 Å². The summed E-state index contributed by atoms with van der Waals surface area (Å²) in [5, 5.41) is 0. The summed E-state index contributed by atoms with van der Waals surface area (Å²) in [7, 11) is 0. The van der Waals surface area contributed by atoms with Gasteiger partial charge in [0.1, 0.15) is 0 Å². The van der Waals surface area contributed by atoms with Crippen LogP contribution in [0.2, 0.25) is 0 Å². The minimum atomic E-state index is 0.243. The molecule has 1 saturated carbocycles. The molecule has 1 aliphatic carbocycles. The van der Waals surface area contributed by atoms with Crippen molar-refractivity contribution in [3.8, 4) is 0 Å². The van der Waals surface area contributed by atoms with Crippen LogP contribution in [0.3, 0.4) is 0 Å². The van der Waals surface area contributed by atoms with Crippen LogP contribution in [0.5, 0.6) is 0 Å². The zero-order chi connectivity index (χ0) is 17.8. The zero-order valence-electron chi connectivity index (χ0n) is 15.5. The standard InChI is InChI=1S/C21H30N2O3/c24-21(11-16-3-1-2-4-16)23-12-19-18(15-26-20(19)13-23)7-10-25-14-17-5-8-22-9-6-17/h5-6,8-9,16,18-20H,1-4,7,10-15H2/t18-,19-,20-/m0/s1. The number of aromatic nitrogens is 1. The molecule has 0 unspecified atom stereocenters. The van der Waals surface area contributed by atoms with Crippen molar-refractivity contribution in [2.75, 3.05) is 26.3 Å². The van der Waals surface area contributed by atoms with Gasteiger partial charge in [-0.1, -0.05) is 12.8 Å². The molecule has 1 amide bonds. The lowest BCUT2D eigenvalue weighted by Crippen LogP contribution is -2.32. The first-order chi connectivity index (χ1) is 12.8. The molecule has 5 heteroatoms. The van der Waals surface area contributed by atoms with E-state index in [9.17, 15) is 4.79 Å². The number of hydrogen-bond acceptors (Lipinski definition) is 4. The molecule has 4 rings (SSSR count). The highest BCUT2D eigenvalue weighted by atomic mass is 16.5. The highest BCUT2D eigenvalue weighted by molar-refractivity contribution is 5.77. The Morgan fingerprint density at radius 3 is 2.85 bits per heavy atom. The second kappa shape index (κ2) is 8.49. The third-order valence-electron chi connectivity index (χ3n) is 6.38. The largest absolute Gasteiger partial charge is 0.377 e. The van der Waals surface area contributed by atoms with Crippen molar-refractivity contribution >= 4 is 5.91 Å². The molecule has 142 valence electrons. The molecule has 1 aromatic rings. The number of ether oxygens (including phenoxy) is 2. The van der Waals surface area contributed by atoms with E-state index in [1.165, 1.54) is 25.7 Å². The van der Waals surface area contributed by atoms with Crippen LogP contribution in [0, 0.1) is 17.8 Å². The number of fused-ring (bicyclic) bond motifs is 1. The van der Waals surface area contributed by atoms with E-state index in [2.05, 4.69) is 9.88 Å². The van der Waals surface area contributed by atoms with E-state index in [1.54, 1.807) is 12.4 Å². The molecular formula is C21H30N2O3. The lowest BCUT2D eigenvalue weighted by Gasteiger charge is -2.21. The maximum Gasteiger partial charge on any atom is 0.222 e. The number of pyridine rings is 1. The molecule has 3 atom stereocenters. The van der Waals surface area contributed by atoms with Crippen LogP contribution in [0.15, 0.2) is 24.5 Å². The zero-order valence-corrected chi connectivity index (χ0v) is 15.5. The molecule has 1 aromatic heterocycles. The van der Waals surface area contributed by atoms with Gasteiger partial charge in [-0.25, -0.2) is 0 Å². The Morgan fingerprint density at radius 2 is 2.04 bits per heavy atom. The fraction of sp³-hybridized carbons (Fsp3) is 0.714. The van der Waals surface area contributed by atoms with Crippen molar-refractivity contribution < 1.29 is 14.3 Å². The van der Waals surface area contributed by atoms with E-state index >= 15 is 0 Å². The summed E-state index contributed by atoms with van der Waals surface area (Å²) >= 11 is 0. The summed E-state index contributed by atoms with van der Waals surface area (Å²) in [4.78, 5) is 18.7. The third-order valence-corrected chi connectivity index (χ3v) is 6.38. The molecule has 2 saturated heterocycles. The quantitative estimate of drug-likeness (QED) is 0.703. The number of rotatable bonds is 7. The minimum Gasteiger partial charge on any atom is -0.377 e. The van der Waals surface area contributed by atoms with Crippen molar-refractivity contribution in [3.05, 3.63) is 30.1 Å². The van der Waals surface area contributed by atoms with E-state index in [0.29, 0.717) is 30.3 Å². The number of nitrogens with zero attached hydrogens (tertiary/aromatic N) is 2. The van der Waals surface area contributed by atoms with Crippen molar-refractivity contribution in [1.82, 2.24) is 9.88 Å². The second-order valence-corrected chi connectivity index (χ2v) is 8.15. The molecule has 5 nitrogen and oxygen atoms in total. The Labute approximate surface area is 156 Å². The SMILES string of the molecule is O=C(CC1CCCC1)N1C[C@H]2[C@@H](CCOCc3ccncc3)CO[C@H]2C1. The normalized spacial score (nSPS) is 28.6. The fourth-order valence-electron chi connectivity index (χ4n) is 4.79. The third kappa shape index (κ3) is 4.26. The lowest BCUT2D eigenvalue weighted by molar-refractivity contribution is -0.132. The minimum absolute atomic E-state index is 0.243. The van der Waals surface area contributed by atoms with Gasteiger partial charge in [-0.3, -0.25) is 9.78 Å². The first-order valence-corrected chi connectivity index (χ1v) is 10.2. The fourth-order valence-corrected chi connectivity index (χ4v) is 4.79. The Balaban J connectivity index is 1.20. The first kappa shape index (κ1) is 17.9. The van der Waals surface area contributed by atoms with E-state index in [4.69, 9.17) is 9.47 Å². The van der Waals surface area contributed by atoms with Crippen LogP contribution in [0.1, 0.15) is 44.1 Å². The van der Waals surface area contributed by atoms with E-state index in [-0.39, 0.29) is 6.10 Å². The number of likely N-dealkylation sites (tertiary alicyclic amines) is 1. The number of carbonyl (C=O) groups is 1. The number of amides is 1. The summed E-state index contributed by atoms with van der Waals surface area (Å²) in [6.45, 7) is 3.88. The predicted octanol–water partition coefficient (Wildman–Crippen LogP) is 3.04. The second-order valence-electron chi connectivity index (χ2n) is 8.15. The van der Waals surface area contributed by atoms with Gasteiger partial charge < -0.3 is 14.4 Å². The van der Waals surface area contributed by atoms with Gasteiger partial charge in [0.05, 0.1) is 19.3 Å². The highest BCUT2D eigenvalue weighted by Gasteiger charge is 2.44. The summed E-state index contributed by atoms with van der Waals surface area (Å²) in [6.07, 6.45) is 10.7. The topological polar surface area (TPSA) is 51.7 Å². The maximum atomic E-state index is 12.6. The molecule has 3 aliphatic rings. The summed E-state index contributed by atoms with van der Waals surface area (Å²) in [5.41, 5.74) is 1.16. The Bertz CT molecular complexity index is 588. The lowest BCUT2D eigenvalue weighted by atomic mass is 9.91. The van der Waals surface area contributed by atoms with Crippen LogP contribution >= 0.6 is 0 Å². The molecule has 0 aromatic carbocycles.